The SMILES string of the molecule is O=C1c2ccccc2S(=O)(=O)N1Cc1nccn1C(F)F. The van der Waals surface area contributed by atoms with Crippen molar-refractivity contribution >= 4 is 15.9 Å². The zero-order valence-electron chi connectivity index (χ0n) is 10.5. The zero-order valence-corrected chi connectivity index (χ0v) is 11.3. The topological polar surface area (TPSA) is 72.3 Å². The van der Waals surface area contributed by atoms with Crippen LogP contribution in [0.3, 0.4) is 0 Å². The Labute approximate surface area is 118 Å². The number of rotatable bonds is 3. The number of carbonyl (C=O) groups excluding carboxylic acids is 1. The molecule has 2 heterocycles. The average molecular weight is 313 g/mol. The molecule has 0 saturated heterocycles. The molecule has 9 heteroatoms. The molecular weight excluding hydrogens is 304 g/mol. The summed E-state index contributed by atoms with van der Waals surface area (Å²) in [4.78, 5) is 15.7. The Morgan fingerprint density at radius 2 is 1.95 bits per heavy atom. The molecule has 0 radical (unpaired) electrons. The van der Waals surface area contributed by atoms with E-state index >= 15 is 0 Å². The van der Waals surface area contributed by atoms with Gasteiger partial charge in [0.05, 0.1) is 12.1 Å². The van der Waals surface area contributed by atoms with Gasteiger partial charge in [-0.3, -0.25) is 9.36 Å². The molecule has 0 spiro atoms. The second-order valence-corrected chi connectivity index (χ2v) is 6.17. The number of nitrogens with zero attached hydrogens (tertiary/aromatic N) is 3. The number of amides is 1. The lowest BCUT2D eigenvalue weighted by molar-refractivity contribution is 0.0639. The van der Waals surface area contributed by atoms with E-state index in [0.29, 0.717) is 8.87 Å². The summed E-state index contributed by atoms with van der Waals surface area (Å²) < 4.78 is 51.2. The van der Waals surface area contributed by atoms with Gasteiger partial charge in [0.1, 0.15) is 10.7 Å². The minimum atomic E-state index is -4.03. The zero-order chi connectivity index (χ0) is 15.2. The lowest BCUT2D eigenvalue weighted by Gasteiger charge is -2.15. The minimum Gasteiger partial charge on any atom is -0.276 e. The van der Waals surface area contributed by atoms with Crippen LogP contribution in [0.4, 0.5) is 8.78 Å². The van der Waals surface area contributed by atoms with Crippen LogP contribution < -0.4 is 0 Å². The third-order valence-corrected chi connectivity index (χ3v) is 4.94. The van der Waals surface area contributed by atoms with Crippen LogP contribution in [-0.2, 0) is 16.6 Å². The lowest BCUT2D eigenvalue weighted by atomic mass is 10.2. The Morgan fingerprint density at radius 1 is 1.24 bits per heavy atom. The number of sulfonamides is 1. The number of carbonyl (C=O) groups is 1. The highest BCUT2D eigenvalue weighted by molar-refractivity contribution is 7.90. The van der Waals surface area contributed by atoms with E-state index < -0.39 is 29.0 Å². The molecule has 21 heavy (non-hydrogen) atoms. The van der Waals surface area contributed by atoms with Crippen molar-refractivity contribution in [3.05, 3.63) is 48.0 Å². The molecule has 1 amide bonds. The van der Waals surface area contributed by atoms with Gasteiger partial charge in [0.2, 0.25) is 0 Å². The van der Waals surface area contributed by atoms with Crippen LogP contribution in [-0.4, -0.2) is 28.2 Å². The van der Waals surface area contributed by atoms with Gasteiger partial charge >= 0.3 is 6.55 Å². The number of alkyl halides is 2. The predicted molar refractivity (Wildman–Crippen MR) is 67.0 cm³/mol. The first-order chi connectivity index (χ1) is 9.93. The molecule has 6 nitrogen and oxygen atoms in total. The van der Waals surface area contributed by atoms with Crippen LogP contribution in [0.2, 0.25) is 0 Å². The molecule has 0 N–H and O–H groups in total. The normalized spacial score (nSPS) is 16.5. The van der Waals surface area contributed by atoms with E-state index in [0.717, 1.165) is 12.4 Å². The molecule has 0 aliphatic carbocycles. The Hall–Kier alpha value is -2.29. The van der Waals surface area contributed by atoms with Gasteiger partial charge in [-0.15, -0.1) is 0 Å². The molecule has 0 atom stereocenters. The summed E-state index contributed by atoms with van der Waals surface area (Å²) in [6, 6.07) is 5.72. The molecule has 0 saturated carbocycles. The van der Waals surface area contributed by atoms with Crippen molar-refractivity contribution in [2.45, 2.75) is 18.0 Å². The molecule has 0 unspecified atom stereocenters. The van der Waals surface area contributed by atoms with Crippen molar-refractivity contribution in [2.24, 2.45) is 0 Å². The summed E-state index contributed by atoms with van der Waals surface area (Å²) in [5.41, 5.74) is 0.0349. The standard InChI is InChI=1S/C12H9F2N3O3S/c13-12(14)16-6-5-15-10(16)7-17-11(18)8-3-1-2-4-9(8)21(17,19)20/h1-6,12H,7H2. The summed E-state index contributed by atoms with van der Waals surface area (Å²) in [6.07, 6.45) is 2.15. The fourth-order valence-corrected chi connectivity index (χ4v) is 3.68. The van der Waals surface area contributed by atoms with Crippen LogP contribution in [0.15, 0.2) is 41.6 Å². The molecular formula is C12H9F2N3O3S. The monoisotopic (exact) mass is 313 g/mol. The fourth-order valence-electron chi connectivity index (χ4n) is 2.16. The Kier molecular flexibility index (Phi) is 3.01. The van der Waals surface area contributed by atoms with E-state index in [1.165, 1.54) is 24.3 Å². The summed E-state index contributed by atoms with van der Waals surface area (Å²) in [6.45, 7) is -3.39. The van der Waals surface area contributed by atoms with Crippen molar-refractivity contribution < 1.29 is 22.0 Å². The van der Waals surface area contributed by atoms with Crippen molar-refractivity contribution in [3.63, 3.8) is 0 Å². The predicted octanol–water partition coefficient (Wildman–Crippen LogP) is 1.62. The third kappa shape index (κ3) is 2.00. The Balaban J connectivity index is 2.02. The van der Waals surface area contributed by atoms with E-state index in [1.54, 1.807) is 0 Å². The Morgan fingerprint density at radius 3 is 2.62 bits per heavy atom. The maximum atomic E-state index is 12.8. The second kappa shape index (κ2) is 4.62. The third-order valence-electron chi connectivity index (χ3n) is 3.16. The number of hydrogen-bond acceptors (Lipinski definition) is 4. The fraction of sp³-hybridized carbons (Fsp3) is 0.167. The number of aromatic nitrogens is 2. The highest BCUT2D eigenvalue weighted by Crippen LogP contribution is 2.31. The molecule has 1 aromatic heterocycles. The van der Waals surface area contributed by atoms with Crippen LogP contribution in [0.25, 0.3) is 0 Å². The highest BCUT2D eigenvalue weighted by Gasteiger charge is 2.41. The first-order valence-corrected chi connectivity index (χ1v) is 7.33. The van der Waals surface area contributed by atoms with Crippen molar-refractivity contribution in [3.8, 4) is 0 Å². The number of fused-ring (bicyclic) bond motifs is 1. The van der Waals surface area contributed by atoms with Crippen LogP contribution >= 0.6 is 0 Å². The molecule has 2 aromatic rings. The highest BCUT2D eigenvalue weighted by atomic mass is 32.2. The molecule has 0 fully saturated rings. The van der Waals surface area contributed by atoms with Gasteiger partial charge in [0, 0.05) is 12.4 Å². The van der Waals surface area contributed by atoms with Gasteiger partial charge in [0.25, 0.3) is 15.9 Å². The molecule has 1 aromatic carbocycles. The van der Waals surface area contributed by atoms with Gasteiger partial charge in [-0.25, -0.2) is 17.7 Å². The summed E-state index contributed by atoms with van der Waals surface area (Å²) >= 11 is 0. The number of imidazole rings is 1. The minimum absolute atomic E-state index is 0.0349. The molecule has 110 valence electrons. The number of benzene rings is 1. The van der Waals surface area contributed by atoms with E-state index in [4.69, 9.17) is 0 Å². The summed E-state index contributed by atoms with van der Waals surface area (Å²) in [7, 11) is -4.03. The van der Waals surface area contributed by atoms with Crippen molar-refractivity contribution in [1.29, 1.82) is 0 Å². The molecule has 1 aliphatic rings. The first kappa shape index (κ1) is 13.7. The molecule has 0 bridgehead atoms. The van der Waals surface area contributed by atoms with Gasteiger partial charge in [-0.1, -0.05) is 12.1 Å². The van der Waals surface area contributed by atoms with E-state index in [9.17, 15) is 22.0 Å². The second-order valence-electron chi connectivity index (χ2n) is 4.34. The van der Waals surface area contributed by atoms with Crippen LogP contribution in [0.1, 0.15) is 22.7 Å². The van der Waals surface area contributed by atoms with Crippen molar-refractivity contribution in [2.75, 3.05) is 0 Å². The van der Waals surface area contributed by atoms with Crippen LogP contribution in [0, 0.1) is 0 Å². The van der Waals surface area contributed by atoms with Crippen molar-refractivity contribution in [1.82, 2.24) is 13.9 Å². The lowest BCUT2D eigenvalue weighted by Crippen LogP contribution is -2.30. The molecule has 3 rings (SSSR count). The van der Waals surface area contributed by atoms with Gasteiger partial charge < -0.3 is 0 Å². The smallest absolute Gasteiger partial charge is 0.276 e. The summed E-state index contributed by atoms with van der Waals surface area (Å²) in [5, 5.41) is 0. The first-order valence-electron chi connectivity index (χ1n) is 5.89. The quantitative estimate of drug-likeness (QED) is 0.863. The Bertz CT molecular complexity index is 817. The van der Waals surface area contributed by atoms with Gasteiger partial charge in [0.15, 0.2) is 0 Å². The number of halogens is 2. The van der Waals surface area contributed by atoms with E-state index in [-0.39, 0.29) is 16.3 Å². The van der Waals surface area contributed by atoms with Gasteiger partial charge in [-0.2, -0.15) is 8.78 Å². The van der Waals surface area contributed by atoms with E-state index in [1.807, 2.05) is 0 Å². The van der Waals surface area contributed by atoms with Gasteiger partial charge in [-0.05, 0) is 12.1 Å². The summed E-state index contributed by atoms with van der Waals surface area (Å²) in [5.74, 6) is -0.941. The largest absolute Gasteiger partial charge is 0.319 e. The maximum Gasteiger partial charge on any atom is 0.319 e. The molecule has 1 aliphatic heterocycles. The van der Waals surface area contributed by atoms with E-state index in [2.05, 4.69) is 4.98 Å². The number of hydrogen-bond donors (Lipinski definition) is 0. The van der Waals surface area contributed by atoms with Crippen LogP contribution in [0.5, 0.6) is 0 Å². The average Bonchev–Trinajstić information content (AvgIpc) is 2.98. The maximum absolute atomic E-state index is 12.8.